The van der Waals surface area contributed by atoms with E-state index in [4.69, 9.17) is 10.4 Å². The van der Waals surface area contributed by atoms with Gasteiger partial charge in [-0.2, -0.15) is 0 Å². The minimum atomic E-state index is 0.750. The van der Waals surface area contributed by atoms with Crippen LogP contribution in [0.1, 0.15) is 13.8 Å². The topological polar surface area (TPSA) is 65.2 Å². The first-order chi connectivity index (χ1) is 4.72. The Hall–Kier alpha value is -1.32. The fourth-order valence-electron chi connectivity index (χ4n) is 0.377. The summed E-state index contributed by atoms with van der Waals surface area (Å²) >= 11 is 0. The van der Waals surface area contributed by atoms with Gasteiger partial charge in [0.05, 0.1) is 12.4 Å². The maximum atomic E-state index is 8.08. The molecule has 0 aliphatic heterocycles. The van der Waals surface area contributed by atoms with Crippen LogP contribution in [0.15, 0.2) is 21.5 Å². The third-order valence-electron chi connectivity index (χ3n) is 1.12. The zero-order chi connectivity index (χ0) is 7.98. The third kappa shape index (κ3) is 2.86. The summed E-state index contributed by atoms with van der Waals surface area (Å²) in [5.74, 6) is 0. The van der Waals surface area contributed by atoms with Crippen LogP contribution < -0.4 is 0 Å². The van der Waals surface area contributed by atoms with Gasteiger partial charge in [0.25, 0.3) is 0 Å². The first-order valence-electron chi connectivity index (χ1n) is 2.74. The maximum absolute atomic E-state index is 8.08. The van der Waals surface area contributed by atoms with Crippen molar-refractivity contribution in [2.24, 2.45) is 10.3 Å². The van der Waals surface area contributed by atoms with E-state index in [1.807, 2.05) is 0 Å². The van der Waals surface area contributed by atoms with Gasteiger partial charge in [0.15, 0.2) is 0 Å². The normalized spacial score (nSPS) is 14.6. The quantitative estimate of drug-likeness (QED) is 0.346. The average molecular weight is 142 g/mol. The number of allylic oxidation sites excluding steroid dienone is 2. The zero-order valence-corrected chi connectivity index (χ0v) is 5.94. The standard InChI is InChI=1S/C6H10N2O2/c1-5(3-7-9)6(2)4-8-10/h3-4,9-10H,1-2H3. The molecule has 0 amide bonds. The first kappa shape index (κ1) is 8.68. The van der Waals surface area contributed by atoms with Crippen molar-refractivity contribution in [2.45, 2.75) is 13.8 Å². The van der Waals surface area contributed by atoms with Crippen LogP contribution in [-0.4, -0.2) is 22.8 Å². The molecule has 0 atom stereocenters. The van der Waals surface area contributed by atoms with Crippen molar-refractivity contribution in [2.75, 3.05) is 0 Å². The Morgan fingerprint density at radius 2 is 1.30 bits per heavy atom. The number of hydrogen-bond acceptors (Lipinski definition) is 4. The van der Waals surface area contributed by atoms with E-state index < -0.39 is 0 Å². The molecule has 0 bridgehead atoms. The zero-order valence-electron chi connectivity index (χ0n) is 5.94. The lowest BCUT2D eigenvalue weighted by molar-refractivity contribution is 0.321. The van der Waals surface area contributed by atoms with Gasteiger partial charge in [0.2, 0.25) is 0 Å². The third-order valence-corrected chi connectivity index (χ3v) is 1.12. The minimum absolute atomic E-state index is 0.750. The van der Waals surface area contributed by atoms with Crippen LogP contribution in [0.5, 0.6) is 0 Å². The van der Waals surface area contributed by atoms with E-state index in [0.717, 1.165) is 11.1 Å². The lowest BCUT2D eigenvalue weighted by atomic mass is 10.2. The van der Waals surface area contributed by atoms with Crippen molar-refractivity contribution in [3.8, 4) is 0 Å². The van der Waals surface area contributed by atoms with E-state index >= 15 is 0 Å². The highest BCUT2D eigenvalue weighted by Gasteiger charge is 1.88. The first-order valence-corrected chi connectivity index (χ1v) is 2.74. The Balaban J connectivity index is 4.33. The predicted molar refractivity (Wildman–Crippen MR) is 38.9 cm³/mol. The van der Waals surface area contributed by atoms with Crippen LogP contribution in [-0.2, 0) is 0 Å². The van der Waals surface area contributed by atoms with Crippen LogP contribution >= 0.6 is 0 Å². The molecule has 0 aliphatic carbocycles. The number of rotatable bonds is 2. The van der Waals surface area contributed by atoms with Gasteiger partial charge in [-0.15, -0.1) is 0 Å². The molecule has 2 N–H and O–H groups in total. The van der Waals surface area contributed by atoms with E-state index in [1.54, 1.807) is 13.8 Å². The largest absolute Gasteiger partial charge is 0.411 e. The van der Waals surface area contributed by atoms with Gasteiger partial charge in [0.1, 0.15) is 0 Å². The molecule has 4 heteroatoms. The molecule has 0 rings (SSSR count). The van der Waals surface area contributed by atoms with Gasteiger partial charge in [-0.05, 0) is 25.0 Å². The van der Waals surface area contributed by atoms with Crippen LogP contribution in [0.25, 0.3) is 0 Å². The van der Waals surface area contributed by atoms with Gasteiger partial charge < -0.3 is 10.4 Å². The summed E-state index contributed by atoms with van der Waals surface area (Å²) in [5.41, 5.74) is 1.50. The van der Waals surface area contributed by atoms with Crippen LogP contribution in [0.4, 0.5) is 0 Å². The molecule has 0 aromatic carbocycles. The van der Waals surface area contributed by atoms with Crippen molar-refractivity contribution in [3.63, 3.8) is 0 Å². The molecule has 0 saturated carbocycles. The van der Waals surface area contributed by atoms with Gasteiger partial charge in [0, 0.05) is 0 Å². The minimum Gasteiger partial charge on any atom is -0.411 e. The van der Waals surface area contributed by atoms with Crippen molar-refractivity contribution < 1.29 is 10.4 Å². The van der Waals surface area contributed by atoms with Gasteiger partial charge in [-0.1, -0.05) is 10.3 Å². The second kappa shape index (κ2) is 4.55. The summed E-state index contributed by atoms with van der Waals surface area (Å²) in [5, 5.41) is 21.8. The Morgan fingerprint density at radius 3 is 1.50 bits per heavy atom. The smallest absolute Gasteiger partial charge is 0.0693 e. The van der Waals surface area contributed by atoms with Crippen molar-refractivity contribution >= 4 is 12.4 Å². The van der Waals surface area contributed by atoms with Crippen molar-refractivity contribution in [1.82, 2.24) is 0 Å². The fourth-order valence-corrected chi connectivity index (χ4v) is 0.377. The highest BCUT2D eigenvalue weighted by atomic mass is 16.4. The Labute approximate surface area is 59.2 Å². The molecule has 4 nitrogen and oxygen atoms in total. The van der Waals surface area contributed by atoms with E-state index in [0.29, 0.717) is 0 Å². The summed E-state index contributed by atoms with van der Waals surface area (Å²) in [6.45, 7) is 3.49. The van der Waals surface area contributed by atoms with Crippen LogP contribution in [0.2, 0.25) is 0 Å². The van der Waals surface area contributed by atoms with Gasteiger partial charge in [-0.25, -0.2) is 0 Å². The maximum Gasteiger partial charge on any atom is 0.0693 e. The predicted octanol–water partition coefficient (Wildman–Crippen LogP) is 1.24. The Bertz CT molecular complexity index is 162. The van der Waals surface area contributed by atoms with Gasteiger partial charge >= 0.3 is 0 Å². The molecule has 0 saturated heterocycles. The highest BCUT2D eigenvalue weighted by Crippen LogP contribution is 1.96. The molecule has 0 aromatic rings. The fraction of sp³-hybridized carbons (Fsp3) is 0.333. The SMILES string of the molecule is CC(C=NO)=C(C)C=NO. The lowest BCUT2D eigenvalue weighted by Crippen LogP contribution is -1.86. The van der Waals surface area contributed by atoms with Crippen molar-refractivity contribution in [1.29, 1.82) is 0 Å². The van der Waals surface area contributed by atoms with Gasteiger partial charge in [-0.3, -0.25) is 0 Å². The monoisotopic (exact) mass is 142 g/mol. The highest BCUT2D eigenvalue weighted by molar-refractivity contribution is 5.89. The second-order valence-electron chi connectivity index (χ2n) is 1.86. The second-order valence-corrected chi connectivity index (χ2v) is 1.86. The summed E-state index contributed by atoms with van der Waals surface area (Å²) in [4.78, 5) is 0. The number of hydrogen-bond donors (Lipinski definition) is 2. The molecule has 0 aliphatic rings. The molecule has 0 aromatic heterocycles. The molecule has 10 heavy (non-hydrogen) atoms. The molecule has 0 unspecified atom stereocenters. The molecule has 0 heterocycles. The molecule has 0 spiro atoms. The summed E-state index contributed by atoms with van der Waals surface area (Å²) in [7, 11) is 0. The van der Waals surface area contributed by atoms with E-state index in [-0.39, 0.29) is 0 Å². The summed E-state index contributed by atoms with van der Waals surface area (Å²) < 4.78 is 0. The van der Waals surface area contributed by atoms with E-state index in [9.17, 15) is 0 Å². The van der Waals surface area contributed by atoms with E-state index in [1.165, 1.54) is 12.4 Å². The Morgan fingerprint density at radius 1 is 1.00 bits per heavy atom. The van der Waals surface area contributed by atoms with Crippen LogP contribution in [0, 0.1) is 0 Å². The summed E-state index contributed by atoms with van der Waals surface area (Å²) in [6.07, 6.45) is 2.55. The molecule has 56 valence electrons. The molecular weight excluding hydrogens is 132 g/mol. The lowest BCUT2D eigenvalue weighted by Gasteiger charge is -1.91. The number of nitrogens with zero attached hydrogens (tertiary/aromatic N) is 2. The van der Waals surface area contributed by atoms with Crippen molar-refractivity contribution in [3.05, 3.63) is 11.1 Å². The molecule has 0 fully saturated rings. The number of oxime groups is 2. The average Bonchev–Trinajstić information content (AvgIpc) is 1.89. The summed E-state index contributed by atoms with van der Waals surface area (Å²) in [6, 6.07) is 0. The molecule has 0 radical (unpaired) electrons. The molecular formula is C6H10N2O2. The van der Waals surface area contributed by atoms with Crippen LogP contribution in [0.3, 0.4) is 0 Å². The Kier molecular flexibility index (Phi) is 3.95. The van der Waals surface area contributed by atoms with E-state index in [2.05, 4.69) is 10.3 Å².